The minimum Gasteiger partial charge on any atom is -0.508 e. The molecule has 2 rings (SSSR count). The average molecular weight is 258 g/mol. The van der Waals surface area contributed by atoms with Crippen LogP contribution in [0.25, 0.3) is 0 Å². The topological polar surface area (TPSA) is 75.4 Å². The molecule has 0 aliphatic carbocycles. The van der Waals surface area contributed by atoms with E-state index < -0.39 is 4.92 Å². The molecular weight excluding hydrogens is 244 g/mol. The number of phenolic OH excluding ortho intramolecular Hbond substituents is 1. The Morgan fingerprint density at radius 1 is 1.26 bits per heavy atom. The van der Waals surface area contributed by atoms with E-state index in [1.807, 2.05) is 13.0 Å². The van der Waals surface area contributed by atoms with Crippen molar-refractivity contribution in [2.24, 2.45) is 0 Å². The average Bonchev–Trinajstić information content (AvgIpc) is 2.38. The van der Waals surface area contributed by atoms with Gasteiger partial charge in [-0.1, -0.05) is 12.1 Å². The predicted molar refractivity (Wildman–Crippen MR) is 73.3 cm³/mol. The van der Waals surface area contributed by atoms with Gasteiger partial charge in [-0.15, -0.1) is 0 Å². The number of non-ortho nitro benzene ring substituents is 1. The van der Waals surface area contributed by atoms with Crippen molar-refractivity contribution in [2.75, 3.05) is 5.32 Å². The van der Waals surface area contributed by atoms with E-state index >= 15 is 0 Å². The Labute approximate surface area is 110 Å². The molecule has 0 aromatic heterocycles. The van der Waals surface area contributed by atoms with Crippen LogP contribution in [0.2, 0.25) is 0 Å². The number of aromatic hydroxyl groups is 1. The molecule has 0 fully saturated rings. The molecule has 0 unspecified atom stereocenters. The van der Waals surface area contributed by atoms with Crippen molar-refractivity contribution in [1.29, 1.82) is 0 Å². The molecule has 2 N–H and O–H groups in total. The van der Waals surface area contributed by atoms with Gasteiger partial charge in [0.05, 0.1) is 4.92 Å². The van der Waals surface area contributed by atoms with Crippen LogP contribution in [0.5, 0.6) is 5.75 Å². The van der Waals surface area contributed by atoms with E-state index in [0.717, 1.165) is 16.8 Å². The molecule has 0 aliphatic rings. The van der Waals surface area contributed by atoms with Crippen molar-refractivity contribution in [2.45, 2.75) is 13.5 Å². The van der Waals surface area contributed by atoms with E-state index in [9.17, 15) is 15.2 Å². The largest absolute Gasteiger partial charge is 0.508 e. The molecule has 5 nitrogen and oxygen atoms in total. The molecule has 0 saturated carbocycles. The summed E-state index contributed by atoms with van der Waals surface area (Å²) < 4.78 is 0. The maximum absolute atomic E-state index is 10.7. The molecule has 0 aliphatic heterocycles. The van der Waals surface area contributed by atoms with Gasteiger partial charge in [0.2, 0.25) is 0 Å². The highest BCUT2D eigenvalue weighted by atomic mass is 16.6. The third-order valence-corrected chi connectivity index (χ3v) is 2.81. The molecule has 0 spiro atoms. The molecule has 0 radical (unpaired) electrons. The number of nitro groups is 1. The van der Waals surface area contributed by atoms with Gasteiger partial charge in [-0.3, -0.25) is 10.1 Å². The second-order valence-electron chi connectivity index (χ2n) is 4.28. The van der Waals surface area contributed by atoms with Crippen LogP contribution < -0.4 is 5.32 Å². The van der Waals surface area contributed by atoms with Gasteiger partial charge in [0, 0.05) is 24.4 Å². The van der Waals surface area contributed by atoms with E-state index in [1.54, 1.807) is 30.3 Å². The lowest BCUT2D eigenvalue weighted by Crippen LogP contribution is -2.01. The lowest BCUT2D eigenvalue weighted by Gasteiger charge is -2.09. The first-order valence-corrected chi connectivity index (χ1v) is 5.83. The number of hydrogen-bond acceptors (Lipinski definition) is 4. The fraction of sp³-hybridized carbons (Fsp3) is 0.143. The smallest absolute Gasteiger partial charge is 0.269 e. The van der Waals surface area contributed by atoms with Gasteiger partial charge in [-0.2, -0.15) is 0 Å². The van der Waals surface area contributed by atoms with Gasteiger partial charge in [-0.05, 0) is 36.2 Å². The maximum atomic E-state index is 10.7. The molecule has 98 valence electrons. The first-order chi connectivity index (χ1) is 9.06. The molecule has 19 heavy (non-hydrogen) atoms. The van der Waals surface area contributed by atoms with Gasteiger partial charge in [0.1, 0.15) is 5.75 Å². The molecule has 0 atom stereocenters. The Morgan fingerprint density at radius 3 is 2.74 bits per heavy atom. The monoisotopic (exact) mass is 258 g/mol. The third-order valence-electron chi connectivity index (χ3n) is 2.81. The summed E-state index contributed by atoms with van der Waals surface area (Å²) in [5, 5.41) is 23.2. The van der Waals surface area contributed by atoms with Crippen molar-refractivity contribution in [3.63, 3.8) is 0 Å². The number of rotatable bonds is 4. The number of nitro benzene ring substituents is 1. The first-order valence-electron chi connectivity index (χ1n) is 5.83. The van der Waals surface area contributed by atoms with Crippen LogP contribution in [-0.2, 0) is 6.54 Å². The van der Waals surface area contributed by atoms with Crippen LogP contribution in [0.4, 0.5) is 11.4 Å². The van der Waals surface area contributed by atoms with Crippen LogP contribution in [0.15, 0.2) is 42.5 Å². The summed E-state index contributed by atoms with van der Waals surface area (Å²) in [4.78, 5) is 10.3. The summed E-state index contributed by atoms with van der Waals surface area (Å²) in [6.07, 6.45) is 0. The SMILES string of the molecule is Cc1cc(O)ccc1NCc1cccc([N+](=O)[O-])c1. The summed E-state index contributed by atoms with van der Waals surface area (Å²) in [7, 11) is 0. The Morgan fingerprint density at radius 2 is 2.05 bits per heavy atom. The highest BCUT2D eigenvalue weighted by Gasteiger charge is 2.06. The highest BCUT2D eigenvalue weighted by molar-refractivity contribution is 5.53. The van der Waals surface area contributed by atoms with Crippen molar-refractivity contribution in [3.05, 3.63) is 63.7 Å². The normalized spacial score (nSPS) is 10.2. The molecule has 0 saturated heterocycles. The van der Waals surface area contributed by atoms with E-state index in [-0.39, 0.29) is 11.4 Å². The van der Waals surface area contributed by atoms with Crippen LogP contribution in [-0.4, -0.2) is 10.0 Å². The molecule has 0 heterocycles. The zero-order valence-electron chi connectivity index (χ0n) is 10.5. The summed E-state index contributed by atoms with van der Waals surface area (Å²) in [6, 6.07) is 11.5. The van der Waals surface area contributed by atoms with Gasteiger partial charge in [0.25, 0.3) is 5.69 Å². The number of phenols is 1. The van der Waals surface area contributed by atoms with E-state index in [2.05, 4.69) is 5.32 Å². The number of hydrogen-bond donors (Lipinski definition) is 2. The van der Waals surface area contributed by atoms with Crippen molar-refractivity contribution in [1.82, 2.24) is 0 Å². The zero-order valence-corrected chi connectivity index (χ0v) is 10.5. The Hall–Kier alpha value is -2.56. The maximum Gasteiger partial charge on any atom is 0.269 e. The van der Waals surface area contributed by atoms with Gasteiger partial charge < -0.3 is 10.4 Å². The summed E-state index contributed by atoms with van der Waals surface area (Å²) in [5.74, 6) is 0.221. The van der Waals surface area contributed by atoms with E-state index in [0.29, 0.717) is 6.54 Å². The predicted octanol–water partition coefficient (Wildman–Crippen LogP) is 3.22. The summed E-state index contributed by atoms with van der Waals surface area (Å²) in [5.41, 5.74) is 2.73. The minimum absolute atomic E-state index is 0.0849. The number of anilines is 1. The van der Waals surface area contributed by atoms with Crippen LogP contribution in [0.3, 0.4) is 0 Å². The Kier molecular flexibility index (Phi) is 3.66. The third kappa shape index (κ3) is 3.22. The van der Waals surface area contributed by atoms with Crippen LogP contribution in [0.1, 0.15) is 11.1 Å². The second kappa shape index (κ2) is 5.39. The van der Waals surface area contributed by atoms with Crippen LogP contribution >= 0.6 is 0 Å². The lowest BCUT2D eigenvalue weighted by molar-refractivity contribution is -0.384. The molecule has 2 aromatic rings. The standard InChI is InChI=1S/C14H14N2O3/c1-10-7-13(17)5-6-14(10)15-9-11-3-2-4-12(8-11)16(18)19/h2-8,15,17H,9H2,1H3. The fourth-order valence-corrected chi connectivity index (χ4v) is 1.82. The molecular formula is C14H14N2O3. The zero-order chi connectivity index (χ0) is 13.8. The summed E-state index contributed by atoms with van der Waals surface area (Å²) >= 11 is 0. The van der Waals surface area contributed by atoms with Gasteiger partial charge >= 0.3 is 0 Å². The quantitative estimate of drug-likeness (QED) is 0.501. The van der Waals surface area contributed by atoms with Crippen molar-refractivity contribution < 1.29 is 10.0 Å². The van der Waals surface area contributed by atoms with Crippen molar-refractivity contribution in [3.8, 4) is 5.75 Å². The summed E-state index contributed by atoms with van der Waals surface area (Å²) in [6.45, 7) is 2.38. The fourth-order valence-electron chi connectivity index (χ4n) is 1.82. The van der Waals surface area contributed by atoms with E-state index in [4.69, 9.17) is 0 Å². The van der Waals surface area contributed by atoms with Crippen LogP contribution in [0, 0.1) is 17.0 Å². The lowest BCUT2D eigenvalue weighted by atomic mass is 10.1. The van der Waals surface area contributed by atoms with Gasteiger partial charge in [-0.25, -0.2) is 0 Å². The molecule has 2 aromatic carbocycles. The first kappa shape index (κ1) is 12.9. The highest BCUT2D eigenvalue weighted by Crippen LogP contribution is 2.21. The minimum atomic E-state index is -0.407. The Bertz CT molecular complexity index is 611. The number of nitrogens with zero attached hydrogens (tertiary/aromatic N) is 1. The van der Waals surface area contributed by atoms with Gasteiger partial charge in [0.15, 0.2) is 0 Å². The number of nitrogens with one attached hydrogen (secondary N) is 1. The number of benzene rings is 2. The molecule has 5 heteroatoms. The molecule has 0 bridgehead atoms. The molecule has 0 amide bonds. The second-order valence-corrected chi connectivity index (χ2v) is 4.28. The van der Waals surface area contributed by atoms with Crippen molar-refractivity contribution >= 4 is 11.4 Å². The Balaban J connectivity index is 2.10. The number of aryl methyl sites for hydroxylation is 1. The van der Waals surface area contributed by atoms with E-state index in [1.165, 1.54) is 6.07 Å².